The minimum absolute atomic E-state index is 0.971. The summed E-state index contributed by atoms with van der Waals surface area (Å²) < 4.78 is 0. The predicted molar refractivity (Wildman–Crippen MR) is 58.3 cm³/mol. The zero-order chi connectivity index (χ0) is 10.2. The van der Waals surface area contributed by atoms with Crippen LogP contribution in [0, 0.1) is 0 Å². The third-order valence-electron chi connectivity index (χ3n) is 2.10. The van der Waals surface area contributed by atoms with Crippen LogP contribution in [0.2, 0.25) is 0 Å². The molecule has 0 aliphatic rings. The van der Waals surface area contributed by atoms with Crippen molar-refractivity contribution in [3.8, 4) is 0 Å². The van der Waals surface area contributed by atoms with Gasteiger partial charge in [0.15, 0.2) is 0 Å². The number of nitrogens with zero attached hydrogens (tertiary/aromatic N) is 2. The number of rotatable bonds is 6. The van der Waals surface area contributed by atoms with E-state index in [1.54, 1.807) is 0 Å². The fourth-order valence-electron chi connectivity index (χ4n) is 1.38. The van der Waals surface area contributed by atoms with Gasteiger partial charge in [-0.25, -0.2) is 9.97 Å². The SMILES string of the molecule is CCCc1ccnc(CCCNC)n1. The van der Waals surface area contributed by atoms with Crippen molar-refractivity contribution in [3.63, 3.8) is 0 Å². The molecule has 3 heteroatoms. The Hall–Kier alpha value is -0.960. The van der Waals surface area contributed by atoms with Crippen LogP contribution in [0.3, 0.4) is 0 Å². The van der Waals surface area contributed by atoms with Crippen molar-refractivity contribution < 1.29 is 0 Å². The van der Waals surface area contributed by atoms with E-state index in [0.717, 1.165) is 38.1 Å². The average Bonchev–Trinajstić information content (AvgIpc) is 2.19. The average molecular weight is 193 g/mol. The van der Waals surface area contributed by atoms with Crippen molar-refractivity contribution >= 4 is 0 Å². The first kappa shape index (κ1) is 11.1. The molecule has 0 radical (unpaired) electrons. The van der Waals surface area contributed by atoms with Crippen LogP contribution < -0.4 is 5.32 Å². The summed E-state index contributed by atoms with van der Waals surface area (Å²) in [5.41, 5.74) is 1.17. The third kappa shape index (κ3) is 3.83. The van der Waals surface area contributed by atoms with E-state index in [4.69, 9.17) is 0 Å². The lowest BCUT2D eigenvalue weighted by molar-refractivity contribution is 0.696. The first-order valence-corrected chi connectivity index (χ1v) is 5.32. The zero-order valence-electron chi connectivity index (χ0n) is 9.08. The largest absolute Gasteiger partial charge is 0.320 e. The van der Waals surface area contributed by atoms with Gasteiger partial charge in [0.2, 0.25) is 0 Å². The second kappa shape index (κ2) is 6.49. The van der Waals surface area contributed by atoms with Crippen molar-refractivity contribution in [1.82, 2.24) is 15.3 Å². The van der Waals surface area contributed by atoms with E-state index in [0.29, 0.717) is 0 Å². The molecule has 0 bridgehead atoms. The maximum absolute atomic E-state index is 4.50. The van der Waals surface area contributed by atoms with Gasteiger partial charge in [0, 0.05) is 18.3 Å². The van der Waals surface area contributed by atoms with E-state index < -0.39 is 0 Å². The first-order chi connectivity index (χ1) is 6.86. The molecule has 0 atom stereocenters. The van der Waals surface area contributed by atoms with Gasteiger partial charge in [-0.05, 0) is 32.5 Å². The normalized spacial score (nSPS) is 10.4. The molecule has 78 valence electrons. The van der Waals surface area contributed by atoms with E-state index in [2.05, 4.69) is 22.2 Å². The maximum Gasteiger partial charge on any atom is 0.128 e. The van der Waals surface area contributed by atoms with Crippen LogP contribution in [-0.2, 0) is 12.8 Å². The molecule has 0 saturated heterocycles. The lowest BCUT2D eigenvalue weighted by Gasteiger charge is -2.02. The van der Waals surface area contributed by atoms with Crippen molar-refractivity contribution in [2.45, 2.75) is 32.6 Å². The van der Waals surface area contributed by atoms with Crippen LogP contribution in [0.5, 0.6) is 0 Å². The fraction of sp³-hybridized carbons (Fsp3) is 0.636. The van der Waals surface area contributed by atoms with Gasteiger partial charge in [0.05, 0.1) is 0 Å². The summed E-state index contributed by atoms with van der Waals surface area (Å²) in [4.78, 5) is 8.75. The van der Waals surface area contributed by atoms with E-state index in [9.17, 15) is 0 Å². The monoisotopic (exact) mass is 193 g/mol. The Balaban J connectivity index is 2.46. The summed E-state index contributed by atoms with van der Waals surface area (Å²) in [6.07, 6.45) is 6.14. The molecule has 3 nitrogen and oxygen atoms in total. The Labute approximate surface area is 86.0 Å². The zero-order valence-corrected chi connectivity index (χ0v) is 9.08. The van der Waals surface area contributed by atoms with Crippen molar-refractivity contribution in [2.75, 3.05) is 13.6 Å². The van der Waals surface area contributed by atoms with Gasteiger partial charge in [-0.3, -0.25) is 0 Å². The summed E-state index contributed by atoms with van der Waals surface area (Å²) in [6, 6.07) is 2.01. The molecule has 1 aromatic rings. The highest BCUT2D eigenvalue weighted by Crippen LogP contribution is 2.01. The van der Waals surface area contributed by atoms with Gasteiger partial charge >= 0.3 is 0 Å². The summed E-state index contributed by atoms with van der Waals surface area (Å²) in [7, 11) is 1.97. The number of hydrogen-bond donors (Lipinski definition) is 1. The molecule has 1 N–H and O–H groups in total. The van der Waals surface area contributed by atoms with Gasteiger partial charge in [0.1, 0.15) is 5.82 Å². The lowest BCUT2D eigenvalue weighted by Crippen LogP contribution is -2.09. The molecule has 1 rings (SSSR count). The second-order valence-electron chi connectivity index (χ2n) is 3.42. The number of hydrogen-bond acceptors (Lipinski definition) is 3. The summed E-state index contributed by atoms with van der Waals surface area (Å²) in [6.45, 7) is 3.20. The highest BCUT2D eigenvalue weighted by Gasteiger charge is 1.98. The van der Waals surface area contributed by atoms with Crippen LogP contribution in [0.4, 0.5) is 0 Å². The lowest BCUT2D eigenvalue weighted by atomic mass is 10.2. The van der Waals surface area contributed by atoms with Gasteiger partial charge in [-0.15, -0.1) is 0 Å². The molecular formula is C11H19N3. The van der Waals surface area contributed by atoms with Gasteiger partial charge in [0.25, 0.3) is 0 Å². The summed E-state index contributed by atoms with van der Waals surface area (Å²) in [5.74, 6) is 0.978. The molecule has 0 saturated carbocycles. The smallest absolute Gasteiger partial charge is 0.128 e. The molecule has 1 heterocycles. The molecule has 0 amide bonds. The number of nitrogens with one attached hydrogen (secondary N) is 1. The van der Waals surface area contributed by atoms with Crippen molar-refractivity contribution in [1.29, 1.82) is 0 Å². The van der Waals surface area contributed by atoms with Crippen molar-refractivity contribution in [2.24, 2.45) is 0 Å². The highest BCUT2D eigenvalue weighted by molar-refractivity contribution is 5.02. The molecule has 1 aromatic heterocycles. The highest BCUT2D eigenvalue weighted by atomic mass is 14.9. The van der Waals surface area contributed by atoms with Crippen LogP contribution >= 0.6 is 0 Å². The topological polar surface area (TPSA) is 37.8 Å². The van der Waals surface area contributed by atoms with E-state index in [1.165, 1.54) is 5.69 Å². The Morgan fingerprint density at radius 1 is 1.36 bits per heavy atom. The minimum atomic E-state index is 0.971. The molecule has 0 aliphatic carbocycles. The van der Waals surface area contributed by atoms with E-state index in [1.807, 2.05) is 19.3 Å². The Morgan fingerprint density at radius 2 is 2.21 bits per heavy atom. The predicted octanol–water partition coefficient (Wildman–Crippen LogP) is 1.58. The molecule has 0 aliphatic heterocycles. The molecule has 0 spiro atoms. The molecule has 0 fully saturated rings. The van der Waals surface area contributed by atoms with E-state index >= 15 is 0 Å². The molecule has 14 heavy (non-hydrogen) atoms. The minimum Gasteiger partial charge on any atom is -0.320 e. The maximum atomic E-state index is 4.50. The Bertz CT molecular complexity index is 260. The van der Waals surface area contributed by atoms with Crippen molar-refractivity contribution in [3.05, 3.63) is 23.8 Å². The van der Waals surface area contributed by atoms with Gasteiger partial charge < -0.3 is 5.32 Å². The van der Waals surface area contributed by atoms with Crippen LogP contribution in [0.15, 0.2) is 12.3 Å². The quantitative estimate of drug-likeness (QED) is 0.697. The Morgan fingerprint density at radius 3 is 2.93 bits per heavy atom. The summed E-state index contributed by atoms with van der Waals surface area (Å²) in [5, 5.41) is 3.12. The van der Waals surface area contributed by atoms with E-state index in [-0.39, 0.29) is 0 Å². The van der Waals surface area contributed by atoms with Crippen LogP contribution in [0.1, 0.15) is 31.3 Å². The first-order valence-electron chi connectivity index (χ1n) is 5.32. The van der Waals surface area contributed by atoms with Gasteiger partial charge in [-0.2, -0.15) is 0 Å². The number of aromatic nitrogens is 2. The summed E-state index contributed by atoms with van der Waals surface area (Å²) >= 11 is 0. The fourth-order valence-corrected chi connectivity index (χ4v) is 1.38. The third-order valence-corrected chi connectivity index (χ3v) is 2.10. The molecular weight excluding hydrogens is 174 g/mol. The van der Waals surface area contributed by atoms with Gasteiger partial charge in [-0.1, -0.05) is 13.3 Å². The Kier molecular flexibility index (Phi) is 5.15. The molecule has 0 aromatic carbocycles. The van der Waals surface area contributed by atoms with Crippen LogP contribution in [-0.4, -0.2) is 23.6 Å². The second-order valence-corrected chi connectivity index (χ2v) is 3.42. The molecule has 0 unspecified atom stereocenters. The number of aryl methyl sites for hydroxylation is 2. The standard InChI is InChI=1S/C11H19N3/c1-3-5-10-7-9-13-11(14-10)6-4-8-12-2/h7,9,12H,3-6,8H2,1-2H3. The van der Waals surface area contributed by atoms with Crippen LogP contribution in [0.25, 0.3) is 0 Å².